The second-order valence-corrected chi connectivity index (χ2v) is 6.12. The summed E-state index contributed by atoms with van der Waals surface area (Å²) >= 11 is 1.54. The number of nitrogens with zero attached hydrogens (tertiary/aromatic N) is 1. The lowest BCUT2D eigenvalue weighted by atomic mass is 9.98. The Morgan fingerprint density at radius 2 is 2.10 bits per heavy atom. The summed E-state index contributed by atoms with van der Waals surface area (Å²) in [5.41, 5.74) is 0.0139. The zero-order valence-electron chi connectivity index (χ0n) is 11.2. The molecule has 108 valence electrons. The van der Waals surface area contributed by atoms with Crippen molar-refractivity contribution in [2.24, 2.45) is 0 Å². The summed E-state index contributed by atoms with van der Waals surface area (Å²) in [7, 11) is 0. The number of carbonyl (C=O) groups is 2. The van der Waals surface area contributed by atoms with Crippen LogP contribution in [0.25, 0.3) is 10.9 Å². The van der Waals surface area contributed by atoms with Gasteiger partial charge in [-0.1, -0.05) is 18.2 Å². The van der Waals surface area contributed by atoms with E-state index in [-0.39, 0.29) is 5.91 Å². The van der Waals surface area contributed by atoms with Gasteiger partial charge in [-0.15, -0.1) is 0 Å². The lowest BCUT2D eigenvalue weighted by Gasteiger charge is -2.24. The number of benzene rings is 1. The third kappa shape index (κ3) is 2.47. The number of amides is 1. The Hall–Kier alpha value is -2.08. The van der Waals surface area contributed by atoms with Crippen LogP contribution in [0.4, 0.5) is 0 Å². The topological polar surface area (TPSA) is 79.3 Å². The van der Waals surface area contributed by atoms with Gasteiger partial charge in [0, 0.05) is 17.3 Å². The first-order valence-corrected chi connectivity index (χ1v) is 7.75. The Morgan fingerprint density at radius 1 is 1.29 bits per heavy atom. The van der Waals surface area contributed by atoms with E-state index in [1.54, 1.807) is 24.0 Å². The van der Waals surface area contributed by atoms with Crippen molar-refractivity contribution >= 4 is 34.5 Å². The third-order valence-electron chi connectivity index (χ3n) is 3.68. The second kappa shape index (κ2) is 5.37. The molecule has 1 aliphatic rings. The van der Waals surface area contributed by atoms with Crippen LogP contribution in [0.2, 0.25) is 0 Å². The second-order valence-electron chi connectivity index (χ2n) is 5.02. The predicted octanol–water partition coefficient (Wildman–Crippen LogP) is 1.92. The molecule has 0 radical (unpaired) electrons. The van der Waals surface area contributed by atoms with Crippen LogP contribution in [-0.2, 0) is 4.79 Å². The molecule has 0 saturated carbocycles. The van der Waals surface area contributed by atoms with Crippen LogP contribution in [0.1, 0.15) is 16.8 Å². The van der Waals surface area contributed by atoms with Gasteiger partial charge in [0.2, 0.25) is 0 Å². The van der Waals surface area contributed by atoms with Crippen molar-refractivity contribution in [2.75, 3.05) is 11.5 Å². The third-order valence-corrected chi connectivity index (χ3v) is 4.87. The summed E-state index contributed by atoms with van der Waals surface area (Å²) < 4.78 is 0. The quantitative estimate of drug-likeness (QED) is 0.905. The fraction of sp³-hybridized carbons (Fsp3) is 0.267. The van der Waals surface area contributed by atoms with Gasteiger partial charge in [-0.25, -0.2) is 4.79 Å². The van der Waals surface area contributed by atoms with Crippen molar-refractivity contribution in [1.29, 1.82) is 0 Å². The first-order valence-electron chi connectivity index (χ1n) is 6.60. The highest BCUT2D eigenvalue weighted by atomic mass is 32.2. The van der Waals surface area contributed by atoms with Crippen molar-refractivity contribution in [3.63, 3.8) is 0 Å². The minimum atomic E-state index is -1.16. The molecule has 1 amide bonds. The molecule has 1 aromatic carbocycles. The number of carboxylic acids is 1. The van der Waals surface area contributed by atoms with Crippen molar-refractivity contribution in [2.45, 2.75) is 12.0 Å². The number of nitrogens with one attached hydrogen (secondary N) is 1. The van der Waals surface area contributed by atoms with Crippen LogP contribution in [0, 0.1) is 0 Å². The number of thioether (sulfide) groups is 1. The number of hydrogen-bond donors (Lipinski definition) is 2. The summed E-state index contributed by atoms with van der Waals surface area (Å²) in [6.45, 7) is 0. The van der Waals surface area contributed by atoms with Gasteiger partial charge in [-0.2, -0.15) is 11.8 Å². The maximum Gasteiger partial charge on any atom is 0.330 e. The summed E-state index contributed by atoms with van der Waals surface area (Å²) in [6, 6.07) is 8.94. The molecule has 2 heterocycles. The van der Waals surface area contributed by atoms with Gasteiger partial charge in [0.25, 0.3) is 5.91 Å². The number of rotatable bonds is 3. The Labute approximate surface area is 125 Å². The number of aliphatic carboxylic acids is 1. The first kappa shape index (κ1) is 13.9. The molecule has 1 fully saturated rings. The maximum absolute atomic E-state index is 12.5. The van der Waals surface area contributed by atoms with Gasteiger partial charge in [-0.3, -0.25) is 9.78 Å². The summed E-state index contributed by atoms with van der Waals surface area (Å²) in [6.07, 6.45) is 2.01. The molecule has 3 rings (SSSR count). The number of carboxylic acid groups (broad SMARTS) is 1. The summed E-state index contributed by atoms with van der Waals surface area (Å²) in [5, 5.41) is 12.9. The van der Waals surface area contributed by atoms with Crippen LogP contribution < -0.4 is 5.32 Å². The summed E-state index contributed by atoms with van der Waals surface area (Å²) in [5.74, 6) is -0.196. The van der Waals surface area contributed by atoms with Crippen molar-refractivity contribution in [1.82, 2.24) is 10.3 Å². The van der Waals surface area contributed by atoms with Crippen molar-refractivity contribution < 1.29 is 14.7 Å². The largest absolute Gasteiger partial charge is 0.479 e. The highest BCUT2D eigenvalue weighted by Gasteiger charge is 2.43. The standard InChI is InChI=1S/C15H14N2O3S/c18-13(17-15(14(19)20)6-8-21-9-15)11-5-7-16-12-4-2-1-3-10(11)12/h1-5,7H,6,8-9H2,(H,17,18)(H,19,20). The monoisotopic (exact) mass is 302 g/mol. The minimum Gasteiger partial charge on any atom is -0.479 e. The van der Waals surface area contributed by atoms with E-state index in [0.29, 0.717) is 17.7 Å². The van der Waals surface area contributed by atoms with Crippen molar-refractivity contribution in [3.8, 4) is 0 Å². The highest BCUT2D eigenvalue weighted by Crippen LogP contribution is 2.29. The minimum absolute atomic E-state index is 0.362. The molecular formula is C15H14N2O3S. The molecule has 0 spiro atoms. The van der Waals surface area contributed by atoms with Gasteiger partial charge >= 0.3 is 5.97 Å². The summed E-state index contributed by atoms with van der Waals surface area (Å²) in [4.78, 5) is 28.2. The molecule has 2 aromatic rings. The number of para-hydroxylation sites is 1. The maximum atomic E-state index is 12.5. The van der Waals surface area contributed by atoms with Gasteiger partial charge in [0.15, 0.2) is 0 Å². The molecule has 1 aromatic heterocycles. The Balaban J connectivity index is 1.96. The van der Waals surface area contributed by atoms with E-state index in [1.807, 2.05) is 24.3 Å². The molecule has 0 aliphatic carbocycles. The highest BCUT2D eigenvalue weighted by molar-refractivity contribution is 7.99. The van der Waals surface area contributed by atoms with Crippen LogP contribution >= 0.6 is 11.8 Å². The van der Waals surface area contributed by atoms with Crippen LogP contribution in [-0.4, -0.2) is 39.0 Å². The predicted molar refractivity (Wildman–Crippen MR) is 81.5 cm³/mol. The fourth-order valence-corrected chi connectivity index (χ4v) is 3.79. The van der Waals surface area contributed by atoms with Crippen molar-refractivity contribution in [3.05, 3.63) is 42.1 Å². The van der Waals surface area contributed by atoms with Crippen LogP contribution in [0.15, 0.2) is 36.5 Å². The average molecular weight is 302 g/mol. The van der Waals surface area contributed by atoms with Crippen LogP contribution in [0.5, 0.6) is 0 Å². The number of carbonyl (C=O) groups excluding carboxylic acids is 1. The van der Waals surface area contributed by atoms with E-state index in [9.17, 15) is 14.7 Å². The molecule has 6 heteroatoms. The number of hydrogen-bond acceptors (Lipinski definition) is 4. The molecule has 2 N–H and O–H groups in total. The van der Waals surface area contributed by atoms with E-state index in [4.69, 9.17) is 0 Å². The van der Waals surface area contributed by atoms with Gasteiger partial charge in [0.1, 0.15) is 5.54 Å². The van der Waals surface area contributed by atoms with Gasteiger partial charge in [0.05, 0.1) is 11.1 Å². The van der Waals surface area contributed by atoms with E-state index in [2.05, 4.69) is 10.3 Å². The van der Waals surface area contributed by atoms with Crippen LogP contribution in [0.3, 0.4) is 0 Å². The lowest BCUT2D eigenvalue weighted by Crippen LogP contribution is -2.54. The van der Waals surface area contributed by atoms with E-state index in [0.717, 1.165) is 16.7 Å². The smallest absolute Gasteiger partial charge is 0.330 e. The zero-order valence-corrected chi connectivity index (χ0v) is 12.0. The van der Waals surface area contributed by atoms with E-state index < -0.39 is 11.5 Å². The first-order chi connectivity index (χ1) is 10.1. The SMILES string of the molecule is O=C(NC1(C(=O)O)CCSC1)c1ccnc2ccccc12. The normalized spacial score (nSPS) is 21.3. The number of aromatic nitrogens is 1. The average Bonchev–Trinajstić information content (AvgIpc) is 2.96. The Bertz CT molecular complexity index is 706. The number of fused-ring (bicyclic) bond motifs is 1. The zero-order chi connectivity index (χ0) is 14.9. The van der Waals surface area contributed by atoms with Gasteiger partial charge < -0.3 is 10.4 Å². The molecule has 1 unspecified atom stereocenters. The Kier molecular flexibility index (Phi) is 3.55. The molecule has 21 heavy (non-hydrogen) atoms. The Morgan fingerprint density at radius 3 is 2.81 bits per heavy atom. The molecule has 1 saturated heterocycles. The molecule has 1 aliphatic heterocycles. The molecular weight excluding hydrogens is 288 g/mol. The molecule has 0 bridgehead atoms. The molecule has 1 atom stereocenters. The number of pyridine rings is 1. The van der Waals surface area contributed by atoms with E-state index >= 15 is 0 Å². The van der Waals surface area contributed by atoms with Gasteiger partial charge in [-0.05, 0) is 24.3 Å². The van der Waals surface area contributed by atoms with E-state index in [1.165, 1.54) is 0 Å². The molecule has 5 nitrogen and oxygen atoms in total. The fourth-order valence-electron chi connectivity index (χ4n) is 2.46. The lowest BCUT2D eigenvalue weighted by molar-refractivity contribution is -0.143.